The largest absolute Gasteiger partial charge is 0.487 e. The molecule has 2 atom stereocenters. The molecule has 0 bridgehead atoms. The molecule has 0 radical (unpaired) electrons. The Kier molecular flexibility index (Phi) is 2.83. The van der Waals surface area contributed by atoms with Gasteiger partial charge in [0.25, 0.3) is 0 Å². The van der Waals surface area contributed by atoms with Crippen molar-refractivity contribution in [2.45, 2.75) is 50.9 Å². The van der Waals surface area contributed by atoms with E-state index in [1.807, 2.05) is 0 Å². The molecule has 18 heavy (non-hydrogen) atoms. The van der Waals surface area contributed by atoms with Crippen molar-refractivity contribution in [3.63, 3.8) is 0 Å². The van der Waals surface area contributed by atoms with Gasteiger partial charge in [-0.3, -0.25) is 0 Å². The van der Waals surface area contributed by atoms with Crippen molar-refractivity contribution in [1.82, 2.24) is 0 Å². The molecule has 0 aromatic heterocycles. The molecule has 98 valence electrons. The zero-order valence-corrected chi connectivity index (χ0v) is 11.1. The molecule has 0 amide bonds. The number of rotatable bonds is 1. The van der Waals surface area contributed by atoms with Crippen LogP contribution in [0.15, 0.2) is 18.2 Å². The Morgan fingerprint density at radius 2 is 2.17 bits per heavy atom. The van der Waals surface area contributed by atoms with Gasteiger partial charge in [0.2, 0.25) is 0 Å². The van der Waals surface area contributed by atoms with Crippen LogP contribution >= 0.6 is 0 Å². The first-order valence-corrected chi connectivity index (χ1v) is 6.73. The molecule has 3 heteroatoms. The maximum atomic E-state index is 6.09. The van der Waals surface area contributed by atoms with E-state index < -0.39 is 0 Å². The molecular weight excluding hydrogens is 226 g/mol. The first-order valence-electron chi connectivity index (χ1n) is 6.73. The monoisotopic (exact) mass is 247 g/mol. The Labute approximate surface area is 108 Å². The summed E-state index contributed by atoms with van der Waals surface area (Å²) in [7, 11) is 0. The van der Waals surface area contributed by atoms with Crippen LogP contribution in [0.5, 0.6) is 5.75 Å². The molecule has 2 aliphatic rings. The smallest absolute Gasteiger partial charge is 0.129 e. The second-order valence-electron chi connectivity index (χ2n) is 6.02. The van der Waals surface area contributed by atoms with Crippen LogP contribution in [0.2, 0.25) is 0 Å². The molecule has 2 heterocycles. The van der Waals surface area contributed by atoms with E-state index in [9.17, 15) is 0 Å². The van der Waals surface area contributed by atoms with E-state index in [2.05, 4.69) is 32.0 Å². The molecule has 1 saturated heterocycles. The molecule has 2 unspecified atom stereocenters. The zero-order valence-electron chi connectivity index (χ0n) is 11.1. The summed E-state index contributed by atoms with van der Waals surface area (Å²) in [5, 5.41) is 0. The van der Waals surface area contributed by atoms with Gasteiger partial charge in [0.1, 0.15) is 11.4 Å². The van der Waals surface area contributed by atoms with Gasteiger partial charge in [0.15, 0.2) is 0 Å². The van der Waals surface area contributed by atoms with Crippen molar-refractivity contribution in [3.8, 4) is 5.75 Å². The summed E-state index contributed by atoms with van der Waals surface area (Å²) in [6.07, 6.45) is 2.91. The molecule has 2 N–H and O–H groups in total. The van der Waals surface area contributed by atoms with Crippen LogP contribution in [-0.2, 0) is 11.2 Å². The van der Waals surface area contributed by atoms with Crippen molar-refractivity contribution in [1.29, 1.82) is 0 Å². The lowest BCUT2D eigenvalue weighted by Gasteiger charge is -2.29. The van der Waals surface area contributed by atoms with E-state index in [-0.39, 0.29) is 17.7 Å². The molecule has 1 fully saturated rings. The summed E-state index contributed by atoms with van der Waals surface area (Å²) < 4.78 is 12.0. The molecule has 1 aromatic rings. The SMILES string of the molecule is CC1(C)Cc2cccc(C3CC(N)CCO3)c2O1. The second kappa shape index (κ2) is 4.25. The van der Waals surface area contributed by atoms with Gasteiger partial charge in [0.05, 0.1) is 6.10 Å². The molecule has 0 aliphatic carbocycles. The third kappa shape index (κ3) is 2.13. The van der Waals surface area contributed by atoms with Gasteiger partial charge in [-0.1, -0.05) is 18.2 Å². The van der Waals surface area contributed by atoms with E-state index in [0.29, 0.717) is 0 Å². The van der Waals surface area contributed by atoms with Crippen molar-refractivity contribution in [2.75, 3.05) is 6.61 Å². The molecule has 3 nitrogen and oxygen atoms in total. The number of hydrogen-bond donors (Lipinski definition) is 1. The quantitative estimate of drug-likeness (QED) is 0.829. The van der Waals surface area contributed by atoms with Crippen LogP contribution in [-0.4, -0.2) is 18.2 Å². The van der Waals surface area contributed by atoms with Crippen LogP contribution in [0.25, 0.3) is 0 Å². The number of para-hydroxylation sites is 1. The lowest BCUT2D eigenvalue weighted by molar-refractivity contribution is 0.00395. The average Bonchev–Trinajstić information content (AvgIpc) is 2.62. The number of fused-ring (bicyclic) bond motifs is 1. The van der Waals surface area contributed by atoms with E-state index in [1.165, 1.54) is 11.1 Å². The zero-order chi connectivity index (χ0) is 12.8. The highest BCUT2D eigenvalue weighted by molar-refractivity contribution is 5.47. The minimum absolute atomic E-state index is 0.0950. The van der Waals surface area contributed by atoms with Gasteiger partial charge in [0, 0.05) is 24.6 Å². The number of benzene rings is 1. The van der Waals surface area contributed by atoms with Gasteiger partial charge >= 0.3 is 0 Å². The summed E-state index contributed by atoms with van der Waals surface area (Å²) in [4.78, 5) is 0. The van der Waals surface area contributed by atoms with E-state index in [1.54, 1.807) is 0 Å². The minimum atomic E-state index is -0.102. The van der Waals surface area contributed by atoms with E-state index >= 15 is 0 Å². The Bertz CT molecular complexity index is 456. The third-order valence-corrected chi connectivity index (χ3v) is 3.79. The highest BCUT2D eigenvalue weighted by Gasteiger charge is 2.34. The maximum absolute atomic E-state index is 6.09. The lowest BCUT2D eigenvalue weighted by atomic mass is 9.95. The number of nitrogens with two attached hydrogens (primary N) is 1. The fourth-order valence-corrected chi connectivity index (χ4v) is 2.93. The second-order valence-corrected chi connectivity index (χ2v) is 6.02. The highest BCUT2D eigenvalue weighted by Crippen LogP contribution is 2.42. The number of hydrogen-bond acceptors (Lipinski definition) is 3. The summed E-state index contributed by atoms with van der Waals surface area (Å²) in [6, 6.07) is 6.61. The Balaban J connectivity index is 1.92. The van der Waals surface area contributed by atoms with E-state index in [0.717, 1.165) is 31.6 Å². The maximum Gasteiger partial charge on any atom is 0.129 e. The first kappa shape index (κ1) is 12.0. The third-order valence-electron chi connectivity index (χ3n) is 3.79. The summed E-state index contributed by atoms with van der Waals surface area (Å²) in [6.45, 7) is 5.01. The molecule has 3 rings (SSSR count). The highest BCUT2D eigenvalue weighted by atomic mass is 16.5. The standard InChI is InChI=1S/C15H21NO2/c1-15(2)9-10-4-3-5-12(14(10)18-15)13-8-11(16)6-7-17-13/h3-5,11,13H,6-9,16H2,1-2H3. The summed E-state index contributed by atoms with van der Waals surface area (Å²) >= 11 is 0. The topological polar surface area (TPSA) is 44.5 Å². The molecule has 0 saturated carbocycles. The van der Waals surface area contributed by atoms with Crippen LogP contribution in [0, 0.1) is 0 Å². The average molecular weight is 247 g/mol. The van der Waals surface area contributed by atoms with Gasteiger partial charge in [-0.15, -0.1) is 0 Å². The van der Waals surface area contributed by atoms with Gasteiger partial charge in [-0.2, -0.15) is 0 Å². The Morgan fingerprint density at radius 3 is 2.94 bits per heavy atom. The first-order chi connectivity index (χ1) is 8.55. The normalized spacial score (nSPS) is 29.7. The predicted molar refractivity (Wildman–Crippen MR) is 70.8 cm³/mol. The fourth-order valence-electron chi connectivity index (χ4n) is 2.93. The van der Waals surface area contributed by atoms with Crippen molar-refractivity contribution >= 4 is 0 Å². The van der Waals surface area contributed by atoms with Crippen LogP contribution in [0.3, 0.4) is 0 Å². The molecule has 2 aliphatic heterocycles. The number of ether oxygens (including phenoxy) is 2. The summed E-state index contributed by atoms with van der Waals surface area (Å²) in [5.41, 5.74) is 8.40. The van der Waals surface area contributed by atoms with Gasteiger partial charge < -0.3 is 15.2 Å². The summed E-state index contributed by atoms with van der Waals surface area (Å²) in [5.74, 6) is 1.03. The Morgan fingerprint density at radius 1 is 1.33 bits per heavy atom. The molecule has 1 aromatic carbocycles. The van der Waals surface area contributed by atoms with Crippen LogP contribution in [0.4, 0.5) is 0 Å². The van der Waals surface area contributed by atoms with Crippen molar-refractivity contribution < 1.29 is 9.47 Å². The van der Waals surface area contributed by atoms with Crippen LogP contribution < -0.4 is 10.5 Å². The van der Waals surface area contributed by atoms with Crippen molar-refractivity contribution in [2.24, 2.45) is 5.73 Å². The van der Waals surface area contributed by atoms with Gasteiger partial charge in [-0.25, -0.2) is 0 Å². The molecular formula is C15H21NO2. The predicted octanol–water partition coefficient (Wildman–Crippen LogP) is 2.58. The molecule has 0 spiro atoms. The van der Waals surface area contributed by atoms with Crippen molar-refractivity contribution in [3.05, 3.63) is 29.3 Å². The minimum Gasteiger partial charge on any atom is -0.487 e. The fraction of sp³-hybridized carbons (Fsp3) is 0.600. The van der Waals surface area contributed by atoms with Crippen LogP contribution in [0.1, 0.15) is 43.9 Å². The Hall–Kier alpha value is -1.06. The van der Waals surface area contributed by atoms with E-state index in [4.69, 9.17) is 15.2 Å². The van der Waals surface area contributed by atoms with Gasteiger partial charge in [-0.05, 0) is 32.3 Å². The lowest BCUT2D eigenvalue weighted by Crippen LogP contribution is -2.31.